The van der Waals surface area contributed by atoms with Gasteiger partial charge >= 0.3 is 0 Å². The van der Waals surface area contributed by atoms with Crippen molar-refractivity contribution in [3.63, 3.8) is 0 Å². The first-order valence-corrected chi connectivity index (χ1v) is 14.1. The number of hydrogen-bond donors (Lipinski definition) is 1. The first-order valence-electron chi connectivity index (χ1n) is 13.3. The standard InChI is InChI=1S/C30H28ClN5O3S/c1-19-12-15-34(16-13-19)25-9-8-21(18-23(25)31)35-29(28(33-30(35)40)24-7-2-3-14-32-24)27-11-10-26(39-27)20-5-4-6-22(17-20)36(37)38/h2-11,14,17-19,28-29H,12-13,15-16H2,1H3,(H,33,40)/t28-,29+/m1/s1. The van der Waals surface area contributed by atoms with Gasteiger partial charge in [-0.3, -0.25) is 15.1 Å². The van der Waals surface area contributed by atoms with Crippen molar-refractivity contribution in [1.29, 1.82) is 0 Å². The molecule has 2 atom stereocenters. The van der Waals surface area contributed by atoms with Gasteiger partial charge in [0.1, 0.15) is 17.6 Å². The normalized spacial score (nSPS) is 19.6. The number of non-ortho nitro benzene ring substituents is 1. The summed E-state index contributed by atoms with van der Waals surface area (Å²) in [7, 11) is 0. The van der Waals surface area contributed by atoms with E-state index in [-0.39, 0.29) is 17.8 Å². The fraction of sp³-hybridized carbons (Fsp3) is 0.267. The fourth-order valence-electron chi connectivity index (χ4n) is 5.51. The Bertz CT molecular complexity index is 1550. The summed E-state index contributed by atoms with van der Waals surface area (Å²) in [6.07, 6.45) is 4.05. The van der Waals surface area contributed by atoms with E-state index in [2.05, 4.69) is 28.2 Å². The summed E-state index contributed by atoms with van der Waals surface area (Å²) >= 11 is 12.7. The molecule has 0 amide bonds. The molecule has 0 radical (unpaired) electrons. The van der Waals surface area contributed by atoms with Crippen LogP contribution in [0.25, 0.3) is 11.3 Å². The van der Waals surface area contributed by atoms with Gasteiger partial charge in [0.2, 0.25) is 0 Å². The summed E-state index contributed by atoms with van der Waals surface area (Å²) < 4.78 is 6.37. The number of pyridine rings is 1. The van der Waals surface area contributed by atoms with Gasteiger partial charge in [-0.15, -0.1) is 0 Å². The van der Waals surface area contributed by atoms with Crippen LogP contribution in [-0.4, -0.2) is 28.1 Å². The molecule has 8 nitrogen and oxygen atoms in total. The summed E-state index contributed by atoms with van der Waals surface area (Å²) in [6, 6.07) is 21.3. The summed E-state index contributed by atoms with van der Waals surface area (Å²) in [5, 5.41) is 16.0. The van der Waals surface area contributed by atoms with Crippen molar-refractivity contribution < 1.29 is 9.34 Å². The average molecular weight is 574 g/mol. The van der Waals surface area contributed by atoms with Gasteiger partial charge in [-0.25, -0.2) is 0 Å². The van der Waals surface area contributed by atoms with E-state index in [0.29, 0.717) is 27.2 Å². The van der Waals surface area contributed by atoms with Gasteiger partial charge in [0.15, 0.2) is 5.11 Å². The molecule has 2 saturated heterocycles. The molecule has 0 aliphatic carbocycles. The van der Waals surface area contributed by atoms with E-state index in [1.165, 1.54) is 12.1 Å². The summed E-state index contributed by atoms with van der Waals surface area (Å²) in [5.74, 6) is 1.91. The average Bonchev–Trinajstić information content (AvgIpc) is 3.59. The molecule has 1 N–H and O–H groups in total. The summed E-state index contributed by atoms with van der Waals surface area (Å²) in [4.78, 5) is 19.9. The molecule has 40 heavy (non-hydrogen) atoms. The molecule has 0 spiro atoms. The lowest BCUT2D eigenvalue weighted by atomic mass is 9.98. The lowest BCUT2D eigenvalue weighted by Crippen LogP contribution is -2.33. The number of benzene rings is 2. The highest BCUT2D eigenvalue weighted by molar-refractivity contribution is 7.80. The van der Waals surface area contributed by atoms with Crippen molar-refractivity contribution in [2.75, 3.05) is 22.9 Å². The Morgan fingerprint density at radius 1 is 1.07 bits per heavy atom. The van der Waals surface area contributed by atoms with Gasteiger partial charge in [-0.05, 0) is 73.4 Å². The number of rotatable bonds is 6. The van der Waals surface area contributed by atoms with Crippen molar-refractivity contribution in [2.24, 2.45) is 5.92 Å². The second-order valence-electron chi connectivity index (χ2n) is 10.3. The van der Waals surface area contributed by atoms with Gasteiger partial charge in [0.25, 0.3) is 5.69 Å². The largest absolute Gasteiger partial charge is 0.459 e. The van der Waals surface area contributed by atoms with Gasteiger partial charge in [0.05, 0.1) is 27.4 Å². The van der Waals surface area contributed by atoms with E-state index >= 15 is 0 Å². The molecule has 2 fully saturated rings. The fourth-order valence-corrected chi connectivity index (χ4v) is 6.15. The Hall–Kier alpha value is -3.95. The van der Waals surface area contributed by atoms with Crippen molar-refractivity contribution in [3.8, 4) is 11.3 Å². The van der Waals surface area contributed by atoms with E-state index in [0.717, 1.165) is 48.9 Å². The third-order valence-electron chi connectivity index (χ3n) is 7.69. The maximum Gasteiger partial charge on any atom is 0.270 e. The molecule has 4 heterocycles. The lowest BCUT2D eigenvalue weighted by molar-refractivity contribution is -0.384. The number of nitrogens with one attached hydrogen (secondary N) is 1. The molecule has 2 aliphatic rings. The zero-order chi connectivity index (χ0) is 27.8. The number of anilines is 2. The van der Waals surface area contributed by atoms with Crippen molar-refractivity contribution in [1.82, 2.24) is 10.3 Å². The zero-order valence-electron chi connectivity index (χ0n) is 21.9. The smallest absolute Gasteiger partial charge is 0.270 e. The molecule has 2 aliphatic heterocycles. The number of piperidine rings is 1. The first-order chi connectivity index (χ1) is 19.4. The zero-order valence-corrected chi connectivity index (χ0v) is 23.4. The van der Waals surface area contributed by atoms with Gasteiger partial charge in [-0.2, -0.15) is 0 Å². The molecular weight excluding hydrogens is 546 g/mol. The topological polar surface area (TPSA) is 87.7 Å². The Balaban J connectivity index is 1.38. The van der Waals surface area contributed by atoms with Crippen LogP contribution in [0.5, 0.6) is 0 Å². The van der Waals surface area contributed by atoms with Crippen LogP contribution in [0.15, 0.2) is 83.4 Å². The Morgan fingerprint density at radius 3 is 2.62 bits per heavy atom. The molecule has 0 saturated carbocycles. The van der Waals surface area contributed by atoms with Crippen LogP contribution in [-0.2, 0) is 0 Å². The van der Waals surface area contributed by atoms with Crippen LogP contribution in [0.4, 0.5) is 17.1 Å². The first kappa shape index (κ1) is 26.3. The lowest BCUT2D eigenvalue weighted by Gasteiger charge is -2.33. The quantitative estimate of drug-likeness (QED) is 0.146. The predicted octanol–water partition coefficient (Wildman–Crippen LogP) is 7.32. The molecule has 2 aromatic carbocycles. The predicted molar refractivity (Wildman–Crippen MR) is 161 cm³/mol. The maximum atomic E-state index is 11.3. The van der Waals surface area contributed by atoms with Crippen LogP contribution < -0.4 is 15.1 Å². The highest BCUT2D eigenvalue weighted by Gasteiger charge is 2.43. The van der Waals surface area contributed by atoms with Crippen LogP contribution >= 0.6 is 23.8 Å². The molecule has 0 bridgehead atoms. The number of hydrogen-bond acceptors (Lipinski definition) is 6. The van der Waals surface area contributed by atoms with Crippen LogP contribution in [0.2, 0.25) is 5.02 Å². The second-order valence-corrected chi connectivity index (χ2v) is 11.1. The molecule has 4 aromatic rings. The molecule has 6 rings (SSSR count). The van der Waals surface area contributed by atoms with E-state index in [9.17, 15) is 10.1 Å². The number of nitro groups is 1. The monoisotopic (exact) mass is 573 g/mol. The van der Waals surface area contributed by atoms with E-state index in [1.807, 2.05) is 47.4 Å². The number of nitro benzene ring substituents is 1. The molecule has 0 unspecified atom stereocenters. The van der Waals surface area contributed by atoms with Gasteiger partial charge in [0, 0.05) is 42.7 Å². The highest BCUT2D eigenvalue weighted by Crippen LogP contribution is 2.44. The third-order valence-corrected chi connectivity index (χ3v) is 8.31. The van der Waals surface area contributed by atoms with Crippen molar-refractivity contribution in [3.05, 3.63) is 106 Å². The van der Waals surface area contributed by atoms with Crippen LogP contribution in [0, 0.1) is 16.0 Å². The van der Waals surface area contributed by atoms with Crippen molar-refractivity contribution in [2.45, 2.75) is 31.8 Å². The van der Waals surface area contributed by atoms with Crippen molar-refractivity contribution >= 4 is 46.0 Å². The Kier molecular flexibility index (Phi) is 7.16. The molecule has 10 heteroatoms. The van der Waals surface area contributed by atoms with E-state index in [1.54, 1.807) is 18.3 Å². The number of halogens is 1. The van der Waals surface area contributed by atoms with E-state index in [4.69, 9.17) is 28.2 Å². The Morgan fingerprint density at radius 2 is 1.90 bits per heavy atom. The van der Waals surface area contributed by atoms with Crippen LogP contribution in [0.3, 0.4) is 0 Å². The molecule has 2 aromatic heterocycles. The second kappa shape index (κ2) is 10.9. The minimum atomic E-state index is -0.413. The Labute approximate surface area is 242 Å². The molecule has 204 valence electrons. The SMILES string of the molecule is CC1CCN(c2ccc(N3C(=S)N[C@H](c4ccccn4)[C@@H]3c3ccc(-c4cccc([N+](=O)[O-])c4)o3)cc2Cl)CC1. The van der Waals surface area contributed by atoms with Gasteiger partial charge < -0.3 is 19.5 Å². The number of aromatic nitrogens is 1. The summed E-state index contributed by atoms with van der Waals surface area (Å²) in [6.45, 7) is 4.27. The highest BCUT2D eigenvalue weighted by atomic mass is 35.5. The van der Waals surface area contributed by atoms with Crippen LogP contribution in [0.1, 0.15) is 43.3 Å². The maximum absolute atomic E-state index is 11.3. The number of nitrogens with zero attached hydrogens (tertiary/aromatic N) is 4. The number of furan rings is 1. The summed E-state index contributed by atoms with van der Waals surface area (Å²) in [5.41, 5.74) is 3.31. The number of thiocarbonyl (C=S) groups is 1. The third kappa shape index (κ3) is 5.02. The molecular formula is C30H28ClN5O3S. The van der Waals surface area contributed by atoms with E-state index < -0.39 is 4.92 Å². The van der Waals surface area contributed by atoms with Gasteiger partial charge in [-0.1, -0.05) is 36.7 Å². The minimum absolute atomic E-state index is 0.00467. The minimum Gasteiger partial charge on any atom is -0.459 e.